The van der Waals surface area contributed by atoms with Gasteiger partial charge in [-0.1, -0.05) is 6.07 Å². The van der Waals surface area contributed by atoms with E-state index in [2.05, 4.69) is 4.18 Å². The molecule has 0 aliphatic heterocycles. The van der Waals surface area contributed by atoms with E-state index < -0.39 is 0 Å². The summed E-state index contributed by atoms with van der Waals surface area (Å²) in [6.07, 6.45) is 0. The minimum absolute atomic E-state index is 0. The minimum atomic E-state index is -0.265. The van der Waals surface area contributed by atoms with Crippen molar-refractivity contribution in [1.29, 1.82) is 0 Å². The number of thiophene rings is 1. The first-order chi connectivity index (χ1) is 4.79. The summed E-state index contributed by atoms with van der Waals surface area (Å²) in [5.74, 6) is -0.265. The van der Waals surface area contributed by atoms with E-state index in [0.717, 1.165) is 16.3 Å². The van der Waals surface area contributed by atoms with E-state index in [0.29, 0.717) is 0 Å². The molecule has 0 N–H and O–H groups in total. The van der Waals surface area contributed by atoms with Gasteiger partial charge in [0.05, 0.1) is 0 Å². The molecule has 0 spiro atoms. The van der Waals surface area contributed by atoms with E-state index in [4.69, 9.17) is 0 Å². The van der Waals surface area contributed by atoms with Crippen LogP contribution in [0.5, 0.6) is 0 Å². The molecule has 0 bridgehead atoms. The van der Waals surface area contributed by atoms with Crippen molar-refractivity contribution in [2.75, 3.05) is 0 Å². The van der Waals surface area contributed by atoms with Crippen molar-refractivity contribution in [2.24, 2.45) is 0 Å². The van der Waals surface area contributed by atoms with E-state index in [1.807, 2.05) is 17.5 Å². The van der Waals surface area contributed by atoms with Gasteiger partial charge in [0.2, 0.25) is 0 Å². The first-order valence-electron chi connectivity index (χ1n) is 2.67. The number of carbonyl (C=O) groups excluding carboxylic acids is 1. The summed E-state index contributed by atoms with van der Waals surface area (Å²) in [6.45, 7) is 1.39. The largest absolute Gasteiger partial charge is 1.00 e. The molecule has 2 nitrogen and oxygen atoms in total. The van der Waals surface area contributed by atoms with Crippen LogP contribution < -0.4 is 29.6 Å². The maximum atomic E-state index is 10.3. The van der Waals surface area contributed by atoms with Crippen molar-refractivity contribution in [3.63, 3.8) is 0 Å². The van der Waals surface area contributed by atoms with Crippen LogP contribution in [0.25, 0.3) is 0 Å². The van der Waals surface area contributed by atoms with Gasteiger partial charge in [0.15, 0.2) is 0 Å². The van der Waals surface area contributed by atoms with Gasteiger partial charge >= 0.3 is 35.5 Å². The number of rotatable bonds is 2. The van der Waals surface area contributed by atoms with Crippen molar-refractivity contribution in [1.82, 2.24) is 0 Å². The van der Waals surface area contributed by atoms with Gasteiger partial charge in [-0.05, 0) is 11.4 Å². The number of hydrogen-bond donors (Lipinski definition) is 0. The zero-order valence-electron chi connectivity index (χ0n) is 6.37. The molecular formula is C6H6NaO2S2+. The maximum absolute atomic E-state index is 10.3. The van der Waals surface area contributed by atoms with Crippen LogP contribution >= 0.6 is 23.4 Å². The molecule has 11 heavy (non-hydrogen) atoms. The average Bonchev–Trinajstić information content (AvgIpc) is 2.34. The van der Waals surface area contributed by atoms with Gasteiger partial charge in [0, 0.05) is 6.92 Å². The summed E-state index contributed by atoms with van der Waals surface area (Å²) in [6, 6.07) is 3.81. The van der Waals surface area contributed by atoms with Crippen molar-refractivity contribution in [3.05, 3.63) is 17.5 Å². The zero-order chi connectivity index (χ0) is 7.40. The molecule has 0 aliphatic carbocycles. The SMILES string of the molecule is CC(=O)OSc1cccs1.[Na+]. The van der Waals surface area contributed by atoms with Crippen LogP contribution in [0, 0.1) is 0 Å². The Kier molecular flexibility index (Phi) is 6.37. The quantitative estimate of drug-likeness (QED) is 0.464. The second-order valence-electron chi connectivity index (χ2n) is 1.59. The summed E-state index contributed by atoms with van der Waals surface area (Å²) < 4.78 is 5.67. The van der Waals surface area contributed by atoms with Crippen molar-refractivity contribution in [3.8, 4) is 0 Å². The van der Waals surface area contributed by atoms with Crippen LogP contribution in [0.4, 0.5) is 0 Å². The fourth-order valence-corrected chi connectivity index (χ4v) is 1.62. The predicted molar refractivity (Wildman–Crippen MR) is 41.9 cm³/mol. The molecule has 5 heteroatoms. The topological polar surface area (TPSA) is 26.3 Å². The summed E-state index contributed by atoms with van der Waals surface area (Å²) >= 11 is 2.65. The van der Waals surface area contributed by atoms with Crippen LogP contribution in [0.15, 0.2) is 21.7 Å². The standard InChI is InChI=1S/C6H6O2S2.Na/c1-5(7)8-10-6-3-2-4-9-6;/h2-4H,1H3;/q;+1. The van der Waals surface area contributed by atoms with Gasteiger partial charge in [-0.3, -0.25) is 4.79 Å². The molecule has 0 amide bonds. The Balaban J connectivity index is 0.000001000. The van der Waals surface area contributed by atoms with Crippen LogP contribution in [0.3, 0.4) is 0 Å². The molecule has 0 radical (unpaired) electrons. The van der Waals surface area contributed by atoms with Gasteiger partial charge in [0.25, 0.3) is 0 Å². The average molecular weight is 197 g/mol. The van der Waals surface area contributed by atoms with E-state index in [1.165, 1.54) is 6.92 Å². The molecule has 0 saturated heterocycles. The zero-order valence-corrected chi connectivity index (χ0v) is 10.00. The van der Waals surface area contributed by atoms with Gasteiger partial charge in [0.1, 0.15) is 16.3 Å². The van der Waals surface area contributed by atoms with Crippen molar-refractivity contribution < 1.29 is 38.5 Å². The third-order valence-electron chi connectivity index (χ3n) is 0.736. The molecule has 1 aromatic heterocycles. The Morgan fingerprint density at radius 1 is 1.73 bits per heavy atom. The molecule has 0 atom stereocenters. The maximum Gasteiger partial charge on any atom is 1.00 e. The molecule has 1 heterocycles. The Bertz CT molecular complexity index is 210. The van der Waals surface area contributed by atoms with E-state index in [1.54, 1.807) is 11.3 Å². The Labute approximate surface area is 95.8 Å². The smallest absolute Gasteiger partial charge is 0.385 e. The molecule has 0 aromatic carbocycles. The van der Waals surface area contributed by atoms with Gasteiger partial charge in [-0.25, -0.2) is 0 Å². The Hall–Kier alpha value is 0.520. The van der Waals surface area contributed by atoms with E-state index in [-0.39, 0.29) is 35.5 Å². The first-order valence-corrected chi connectivity index (χ1v) is 4.30. The van der Waals surface area contributed by atoms with Gasteiger partial charge < -0.3 is 4.18 Å². The Morgan fingerprint density at radius 3 is 2.91 bits per heavy atom. The fourth-order valence-electron chi connectivity index (χ4n) is 0.411. The van der Waals surface area contributed by atoms with Crippen molar-refractivity contribution in [2.45, 2.75) is 11.1 Å². The third-order valence-corrected chi connectivity index (χ3v) is 2.51. The second-order valence-corrected chi connectivity index (χ2v) is 3.57. The molecule has 54 valence electrons. The monoisotopic (exact) mass is 197 g/mol. The third kappa shape index (κ3) is 4.87. The van der Waals surface area contributed by atoms with E-state index >= 15 is 0 Å². The van der Waals surface area contributed by atoms with Gasteiger partial charge in [-0.2, -0.15) is 0 Å². The number of hydrogen-bond acceptors (Lipinski definition) is 4. The second kappa shape index (κ2) is 6.08. The molecule has 1 rings (SSSR count). The van der Waals surface area contributed by atoms with Crippen LogP contribution in [-0.4, -0.2) is 5.97 Å². The summed E-state index contributed by atoms with van der Waals surface area (Å²) in [7, 11) is 0. The number of carbonyl (C=O) groups is 1. The van der Waals surface area contributed by atoms with Crippen LogP contribution in [0.1, 0.15) is 6.92 Å². The Morgan fingerprint density at radius 2 is 2.45 bits per heavy atom. The fraction of sp³-hybridized carbons (Fsp3) is 0.167. The summed E-state index contributed by atoms with van der Waals surface area (Å²) in [4.78, 5) is 10.3. The molecule has 0 aliphatic rings. The van der Waals surface area contributed by atoms with Crippen LogP contribution in [0.2, 0.25) is 0 Å². The molecular weight excluding hydrogens is 191 g/mol. The normalized spacial score (nSPS) is 8.45. The van der Waals surface area contributed by atoms with Crippen LogP contribution in [-0.2, 0) is 8.98 Å². The predicted octanol–water partition coefficient (Wildman–Crippen LogP) is -0.678. The first kappa shape index (κ1) is 11.5. The minimum Gasteiger partial charge on any atom is -0.385 e. The molecule has 0 saturated carbocycles. The molecule has 0 fully saturated rings. The molecule has 0 unspecified atom stereocenters. The molecule has 1 aromatic rings. The summed E-state index contributed by atoms with van der Waals surface area (Å²) in [5.41, 5.74) is 0. The van der Waals surface area contributed by atoms with E-state index in [9.17, 15) is 4.79 Å². The summed E-state index contributed by atoms with van der Waals surface area (Å²) in [5, 5.41) is 1.94. The van der Waals surface area contributed by atoms with Gasteiger partial charge in [-0.15, -0.1) is 11.3 Å². The van der Waals surface area contributed by atoms with Crippen molar-refractivity contribution >= 4 is 29.3 Å².